The second-order valence-electron chi connectivity index (χ2n) is 8.23. The summed E-state index contributed by atoms with van der Waals surface area (Å²) in [5, 5.41) is 0. The minimum atomic E-state index is -3.53. The van der Waals surface area contributed by atoms with Gasteiger partial charge in [-0.2, -0.15) is 4.31 Å². The summed E-state index contributed by atoms with van der Waals surface area (Å²) < 4.78 is 34.0. The fourth-order valence-electron chi connectivity index (χ4n) is 3.97. The molecule has 6 nitrogen and oxygen atoms in total. The standard InChI is InChI=1S/C24H25BrN2O4S/c1-26(2)21-9-3-17(4-10-21)24(28)31-22-11-5-18-15-27(16-19(18)6-12-22)32(29,30)23-13-7-20(25)8-14-23/h3-5,7-14,18-19H,6,15-16H2,1-2H3/t18-,19+/m0/s1. The second kappa shape index (κ2) is 9.21. The van der Waals surface area contributed by atoms with Crippen LogP contribution in [0.2, 0.25) is 0 Å². The van der Waals surface area contributed by atoms with Gasteiger partial charge in [-0.1, -0.05) is 22.0 Å². The number of ether oxygens (including phenoxy) is 1. The van der Waals surface area contributed by atoms with E-state index in [4.69, 9.17) is 4.74 Å². The number of halogens is 1. The molecule has 0 radical (unpaired) electrons. The van der Waals surface area contributed by atoms with Gasteiger partial charge in [0.1, 0.15) is 5.76 Å². The third-order valence-electron chi connectivity index (χ3n) is 5.87. The molecule has 8 heteroatoms. The minimum Gasteiger partial charge on any atom is -0.423 e. The van der Waals surface area contributed by atoms with E-state index in [1.165, 1.54) is 0 Å². The maximum absolute atomic E-state index is 13.0. The number of fused-ring (bicyclic) bond motifs is 1. The van der Waals surface area contributed by atoms with Crippen LogP contribution in [0.5, 0.6) is 0 Å². The Labute approximate surface area is 197 Å². The molecular weight excluding hydrogens is 492 g/mol. The zero-order chi connectivity index (χ0) is 22.9. The number of hydrogen-bond acceptors (Lipinski definition) is 5. The van der Waals surface area contributed by atoms with E-state index in [0.29, 0.717) is 35.7 Å². The van der Waals surface area contributed by atoms with Gasteiger partial charge in [-0.15, -0.1) is 0 Å². The third-order valence-corrected chi connectivity index (χ3v) is 8.24. The van der Waals surface area contributed by atoms with E-state index in [-0.39, 0.29) is 11.8 Å². The Morgan fingerprint density at radius 3 is 2.41 bits per heavy atom. The van der Waals surface area contributed by atoms with Crippen molar-refractivity contribution in [2.24, 2.45) is 11.8 Å². The molecule has 168 valence electrons. The van der Waals surface area contributed by atoms with E-state index in [0.717, 1.165) is 10.2 Å². The number of anilines is 1. The Balaban J connectivity index is 1.40. The highest BCUT2D eigenvalue weighted by Crippen LogP contribution is 2.34. The number of carbonyl (C=O) groups excluding carboxylic acids is 1. The Kier molecular flexibility index (Phi) is 6.55. The SMILES string of the molecule is CN(C)c1ccc(C(=O)OC2=CC[C@@H]3CN(S(=O)(=O)c4ccc(Br)cc4)C[C@@H]3C=C2)cc1. The van der Waals surface area contributed by atoms with Gasteiger partial charge in [0, 0.05) is 37.3 Å². The molecule has 2 atom stereocenters. The molecule has 1 heterocycles. The number of esters is 1. The Bertz CT molecular complexity index is 1160. The van der Waals surface area contributed by atoms with Gasteiger partial charge in [0.15, 0.2) is 0 Å². The fraction of sp³-hybridized carbons (Fsp3) is 0.292. The third kappa shape index (κ3) is 4.82. The van der Waals surface area contributed by atoms with Crippen LogP contribution >= 0.6 is 15.9 Å². The molecular formula is C24H25BrN2O4S. The topological polar surface area (TPSA) is 66.9 Å². The van der Waals surface area contributed by atoms with E-state index in [1.807, 2.05) is 43.3 Å². The number of carbonyl (C=O) groups is 1. The number of rotatable bonds is 5. The summed E-state index contributed by atoms with van der Waals surface area (Å²) in [6.07, 6.45) is 6.27. The molecule has 32 heavy (non-hydrogen) atoms. The predicted octanol–water partition coefficient (Wildman–Crippen LogP) is 4.45. The zero-order valence-electron chi connectivity index (χ0n) is 17.9. The maximum atomic E-state index is 13.0. The number of benzene rings is 2. The molecule has 0 amide bonds. The van der Waals surface area contributed by atoms with Gasteiger partial charge in [-0.05, 0) is 78.9 Å². The van der Waals surface area contributed by atoms with Crippen LogP contribution in [0, 0.1) is 11.8 Å². The summed E-state index contributed by atoms with van der Waals surface area (Å²) in [6, 6.07) is 13.9. The second-order valence-corrected chi connectivity index (χ2v) is 11.1. The van der Waals surface area contributed by atoms with E-state index < -0.39 is 16.0 Å². The van der Waals surface area contributed by atoms with E-state index >= 15 is 0 Å². The number of sulfonamides is 1. The van der Waals surface area contributed by atoms with Gasteiger partial charge in [0.25, 0.3) is 0 Å². The van der Waals surface area contributed by atoms with Crippen molar-refractivity contribution in [1.29, 1.82) is 0 Å². The molecule has 4 rings (SSSR count). The van der Waals surface area contributed by atoms with Gasteiger partial charge in [-0.3, -0.25) is 0 Å². The number of nitrogens with zero attached hydrogens (tertiary/aromatic N) is 2. The van der Waals surface area contributed by atoms with Gasteiger partial charge < -0.3 is 9.64 Å². The molecule has 0 unspecified atom stereocenters. The molecule has 2 aliphatic rings. The highest BCUT2D eigenvalue weighted by molar-refractivity contribution is 9.10. The molecule has 0 saturated carbocycles. The fourth-order valence-corrected chi connectivity index (χ4v) is 5.76. The van der Waals surface area contributed by atoms with Crippen LogP contribution in [-0.2, 0) is 14.8 Å². The summed E-state index contributed by atoms with van der Waals surface area (Å²) in [5.41, 5.74) is 1.49. The lowest BCUT2D eigenvalue weighted by Gasteiger charge is -2.16. The van der Waals surface area contributed by atoms with Crippen molar-refractivity contribution in [1.82, 2.24) is 4.31 Å². The Hall–Kier alpha value is -2.42. The molecule has 2 aromatic carbocycles. The van der Waals surface area contributed by atoms with Crippen molar-refractivity contribution in [3.63, 3.8) is 0 Å². The molecule has 0 N–H and O–H groups in total. The lowest BCUT2D eigenvalue weighted by Crippen LogP contribution is -2.29. The molecule has 1 aliphatic carbocycles. The maximum Gasteiger partial charge on any atom is 0.343 e. The molecule has 1 aliphatic heterocycles. The average Bonchev–Trinajstić information content (AvgIpc) is 3.11. The summed E-state index contributed by atoms with van der Waals surface area (Å²) in [7, 11) is 0.347. The first-order valence-electron chi connectivity index (χ1n) is 10.4. The lowest BCUT2D eigenvalue weighted by atomic mass is 9.94. The van der Waals surface area contributed by atoms with E-state index in [1.54, 1.807) is 46.8 Å². The van der Waals surface area contributed by atoms with Gasteiger partial charge in [-0.25, -0.2) is 13.2 Å². The van der Waals surface area contributed by atoms with Crippen molar-refractivity contribution in [2.75, 3.05) is 32.1 Å². The van der Waals surface area contributed by atoms with Crippen LogP contribution in [-0.4, -0.2) is 45.9 Å². The number of hydrogen-bond donors (Lipinski definition) is 0. The van der Waals surface area contributed by atoms with Gasteiger partial charge in [0.2, 0.25) is 10.0 Å². The molecule has 0 spiro atoms. The minimum absolute atomic E-state index is 0.0760. The highest BCUT2D eigenvalue weighted by Gasteiger charge is 2.38. The lowest BCUT2D eigenvalue weighted by molar-refractivity contribution is 0.0636. The summed E-state index contributed by atoms with van der Waals surface area (Å²) in [6.45, 7) is 0.859. The molecule has 0 bridgehead atoms. The molecule has 1 saturated heterocycles. The first-order valence-corrected chi connectivity index (χ1v) is 12.6. The van der Waals surface area contributed by atoms with Crippen LogP contribution in [0.3, 0.4) is 0 Å². The normalized spacial score (nSPS) is 20.9. The average molecular weight is 517 g/mol. The zero-order valence-corrected chi connectivity index (χ0v) is 20.3. The Morgan fingerprint density at radius 2 is 1.75 bits per heavy atom. The van der Waals surface area contributed by atoms with Crippen LogP contribution in [0.4, 0.5) is 5.69 Å². The first-order chi connectivity index (χ1) is 15.2. The first kappa shape index (κ1) is 22.8. The highest BCUT2D eigenvalue weighted by atomic mass is 79.9. The largest absolute Gasteiger partial charge is 0.423 e. The van der Waals surface area contributed by atoms with Gasteiger partial charge in [0.05, 0.1) is 10.5 Å². The van der Waals surface area contributed by atoms with Crippen LogP contribution in [0.15, 0.2) is 81.9 Å². The number of allylic oxidation sites excluding steroid dienone is 2. The van der Waals surface area contributed by atoms with Crippen LogP contribution in [0.1, 0.15) is 16.8 Å². The van der Waals surface area contributed by atoms with Gasteiger partial charge >= 0.3 is 5.97 Å². The van der Waals surface area contributed by atoms with Crippen LogP contribution < -0.4 is 4.90 Å². The Morgan fingerprint density at radius 1 is 1.06 bits per heavy atom. The monoisotopic (exact) mass is 516 g/mol. The summed E-state index contributed by atoms with van der Waals surface area (Å²) >= 11 is 3.34. The van der Waals surface area contributed by atoms with Crippen molar-refractivity contribution < 1.29 is 17.9 Å². The van der Waals surface area contributed by atoms with Crippen molar-refractivity contribution in [3.05, 3.63) is 82.6 Å². The van der Waals surface area contributed by atoms with Crippen molar-refractivity contribution >= 4 is 37.6 Å². The molecule has 1 fully saturated rings. The summed E-state index contributed by atoms with van der Waals surface area (Å²) in [4.78, 5) is 14.8. The quantitative estimate of drug-likeness (QED) is 0.549. The van der Waals surface area contributed by atoms with E-state index in [2.05, 4.69) is 15.9 Å². The van der Waals surface area contributed by atoms with Crippen molar-refractivity contribution in [2.45, 2.75) is 11.3 Å². The van der Waals surface area contributed by atoms with Crippen molar-refractivity contribution in [3.8, 4) is 0 Å². The smallest absolute Gasteiger partial charge is 0.343 e. The van der Waals surface area contributed by atoms with E-state index in [9.17, 15) is 13.2 Å². The summed E-state index contributed by atoms with van der Waals surface area (Å²) in [5.74, 6) is 0.320. The molecule has 0 aromatic heterocycles. The van der Waals surface area contributed by atoms with Crippen LogP contribution in [0.25, 0.3) is 0 Å². The predicted molar refractivity (Wildman–Crippen MR) is 128 cm³/mol. The molecule has 2 aromatic rings.